The maximum absolute atomic E-state index is 13.1. The fraction of sp³-hybridized carbons (Fsp3) is 0.400. The van der Waals surface area contributed by atoms with Crippen LogP contribution < -0.4 is 4.74 Å². The van der Waals surface area contributed by atoms with Gasteiger partial charge in [-0.3, -0.25) is 0 Å². The summed E-state index contributed by atoms with van der Waals surface area (Å²) in [6.45, 7) is 0.708. The lowest BCUT2D eigenvalue weighted by atomic mass is 10.2. The number of carbonyl (C=O) groups excluding carboxylic acids is 1. The van der Waals surface area contributed by atoms with Gasteiger partial charge in [-0.25, -0.2) is 9.18 Å². The predicted octanol–water partition coefficient (Wildman–Crippen LogP) is 2.99. The molecule has 0 aliphatic rings. The van der Waals surface area contributed by atoms with Crippen LogP contribution in [0.25, 0.3) is 0 Å². The van der Waals surface area contributed by atoms with Crippen molar-refractivity contribution in [3.05, 3.63) is 22.6 Å². The van der Waals surface area contributed by atoms with Crippen LogP contribution in [-0.2, 0) is 4.74 Å². The average molecular weight is 302 g/mol. The molecule has 1 aromatic heterocycles. The smallest absolute Gasteiger partial charge is 0.425 e. The SMILES string of the molecule is COC(=O)c1cc(F)c(Cl)nc1O[C@@H](C)C(F)(F)F. The number of methoxy groups -OCH3 is 1. The molecule has 1 aromatic rings. The number of halogens is 5. The van der Waals surface area contributed by atoms with E-state index >= 15 is 0 Å². The predicted molar refractivity (Wildman–Crippen MR) is 56.7 cm³/mol. The summed E-state index contributed by atoms with van der Waals surface area (Å²) in [7, 11) is 0.978. The van der Waals surface area contributed by atoms with Crippen LogP contribution in [0.5, 0.6) is 5.88 Å². The second kappa shape index (κ2) is 5.60. The van der Waals surface area contributed by atoms with E-state index in [9.17, 15) is 22.4 Å². The second-order valence-electron chi connectivity index (χ2n) is 3.41. The van der Waals surface area contributed by atoms with Crippen molar-refractivity contribution in [3.63, 3.8) is 0 Å². The van der Waals surface area contributed by atoms with Crippen LogP contribution in [0.3, 0.4) is 0 Å². The van der Waals surface area contributed by atoms with Gasteiger partial charge >= 0.3 is 12.1 Å². The molecule has 0 bridgehead atoms. The Bertz CT molecular complexity index is 492. The summed E-state index contributed by atoms with van der Waals surface area (Å²) in [5.41, 5.74) is -0.583. The van der Waals surface area contributed by atoms with Crippen molar-refractivity contribution >= 4 is 17.6 Å². The van der Waals surface area contributed by atoms with Crippen molar-refractivity contribution < 1.29 is 31.8 Å². The molecule has 9 heteroatoms. The van der Waals surface area contributed by atoms with Gasteiger partial charge in [0.2, 0.25) is 5.88 Å². The van der Waals surface area contributed by atoms with Crippen molar-refractivity contribution in [2.75, 3.05) is 7.11 Å². The number of esters is 1. The maximum atomic E-state index is 13.1. The minimum Gasteiger partial charge on any atom is -0.465 e. The molecule has 0 fully saturated rings. The van der Waals surface area contributed by atoms with Gasteiger partial charge in [-0.1, -0.05) is 11.6 Å². The van der Waals surface area contributed by atoms with Crippen molar-refractivity contribution in [1.29, 1.82) is 0 Å². The Morgan fingerprint density at radius 3 is 2.53 bits per heavy atom. The van der Waals surface area contributed by atoms with Gasteiger partial charge in [0.25, 0.3) is 0 Å². The van der Waals surface area contributed by atoms with Gasteiger partial charge in [0.1, 0.15) is 5.56 Å². The number of rotatable bonds is 3. The van der Waals surface area contributed by atoms with E-state index in [4.69, 9.17) is 11.6 Å². The van der Waals surface area contributed by atoms with Gasteiger partial charge < -0.3 is 9.47 Å². The third kappa shape index (κ3) is 3.69. The largest absolute Gasteiger partial charge is 0.465 e. The number of hydrogen-bond acceptors (Lipinski definition) is 4. The Morgan fingerprint density at radius 2 is 2.05 bits per heavy atom. The Labute approximate surface area is 110 Å². The Kier molecular flexibility index (Phi) is 4.56. The first-order chi connectivity index (χ1) is 8.66. The van der Waals surface area contributed by atoms with Crippen molar-refractivity contribution in [1.82, 2.24) is 4.98 Å². The van der Waals surface area contributed by atoms with Gasteiger partial charge in [0.15, 0.2) is 17.1 Å². The van der Waals surface area contributed by atoms with Gasteiger partial charge in [-0.05, 0) is 13.0 Å². The second-order valence-corrected chi connectivity index (χ2v) is 3.77. The summed E-state index contributed by atoms with van der Waals surface area (Å²) >= 11 is 5.33. The average Bonchev–Trinajstić information content (AvgIpc) is 2.31. The third-order valence-corrected chi connectivity index (χ3v) is 2.32. The fourth-order valence-corrected chi connectivity index (χ4v) is 1.16. The molecule has 4 nitrogen and oxygen atoms in total. The first kappa shape index (κ1) is 15.5. The molecule has 0 aliphatic carbocycles. The number of carbonyl (C=O) groups is 1. The Morgan fingerprint density at radius 1 is 1.47 bits per heavy atom. The highest BCUT2D eigenvalue weighted by molar-refractivity contribution is 6.29. The van der Waals surface area contributed by atoms with Gasteiger partial charge in [-0.2, -0.15) is 18.2 Å². The molecule has 19 heavy (non-hydrogen) atoms. The molecule has 0 unspecified atom stereocenters. The molecule has 0 spiro atoms. The molecule has 1 heterocycles. The van der Waals surface area contributed by atoms with E-state index in [-0.39, 0.29) is 0 Å². The molecule has 0 N–H and O–H groups in total. The quantitative estimate of drug-likeness (QED) is 0.489. The number of pyridine rings is 1. The topological polar surface area (TPSA) is 48.4 Å². The summed E-state index contributed by atoms with van der Waals surface area (Å²) in [6.07, 6.45) is -6.92. The van der Waals surface area contributed by atoms with Crippen LogP contribution in [0.2, 0.25) is 5.15 Å². The summed E-state index contributed by atoms with van der Waals surface area (Å²) in [5.74, 6) is -2.91. The zero-order valence-electron chi connectivity index (χ0n) is 9.72. The highest BCUT2D eigenvalue weighted by atomic mass is 35.5. The van der Waals surface area contributed by atoms with Gasteiger partial charge in [0, 0.05) is 0 Å². The molecule has 106 valence electrons. The molecule has 1 atom stereocenters. The fourth-order valence-electron chi connectivity index (χ4n) is 1.03. The highest BCUT2D eigenvalue weighted by Gasteiger charge is 2.39. The molecular formula is C10H8ClF4NO3. The summed E-state index contributed by atoms with van der Waals surface area (Å²) < 4.78 is 59.0. The van der Waals surface area contributed by atoms with E-state index in [0.29, 0.717) is 13.0 Å². The standard InChI is InChI=1S/C10H8ClF4NO3/c1-4(10(13,14)15)19-8-5(9(17)18-2)3-6(12)7(11)16-8/h3-4H,1-2H3/t4-/m0/s1. The van der Waals surface area contributed by atoms with Crippen LogP contribution in [0.1, 0.15) is 17.3 Å². The monoisotopic (exact) mass is 301 g/mol. The van der Waals surface area contributed by atoms with Crippen LogP contribution in [-0.4, -0.2) is 30.3 Å². The van der Waals surface area contributed by atoms with E-state index < -0.39 is 40.7 Å². The molecule has 0 amide bonds. The number of hydrogen-bond donors (Lipinski definition) is 0. The van der Waals surface area contributed by atoms with Crippen LogP contribution in [0, 0.1) is 5.82 Å². The normalized spacial score (nSPS) is 13.0. The van der Waals surface area contributed by atoms with E-state index in [1.807, 2.05) is 0 Å². The lowest BCUT2D eigenvalue weighted by molar-refractivity contribution is -0.190. The van der Waals surface area contributed by atoms with Gasteiger partial charge in [0.05, 0.1) is 7.11 Å². The maximum Gasteiger partial charge on any atom is 0.425 e. The van der Waals surface area contributed by atoms with Crippen LogP contribution in [0.4, 0.5) is 17.6 Å². The molecular weight excluding hydrogens is 294 g/mol. The number of ether oxygens (including phenoxy) is 2. The third-order valence-electron chi connectivity index (χ3n) is 2.05. The van der Waals surface area contributed by atoms with E-state index in [1.165, 1.54) is 0 Å². The first-order valence-electron chi connectivity index (χ1n) is 4.84. The van der Waals surface area contributed by atoms with Crippen LogP contribution >= 0.6 is 11.6 Å². The Balaban J connectivity index is 3.18. The van der Waals surface area contributed by atoms with E-state index in [0.717, 1.165) is 7.11 Å². The van der Waals surface area contributed by atoms with Crippen molar-refractivity contribution in [3.8, 4) is 5.88 Å². The molecule has 1 rings (SSSR count). The number of alkyl halides is 3. The zero-order chi connectivity index (χ0) is 14.8. The van der Waals surface area contributed by atoms with Gasteiger partial charge in [-0.15, -0.1) is 0 Å². The lowest BCUT2D eigenvalue weighted by Crippen LogP contribution is -2.32. The zero-order valence-corrected chi connectivity index (χ0v) is 10.5. The lowest BCUT2D eigenvalue weighted by Gasteiger charge is -2.18. The summed E-state index contributed by atoms with van der Waals surface area (Å²) in [4.78, 5) is 14.6. The minimum absolute atomic E-state index is 0.583. The highest BCUT2D eigenvalue weighted by Crippen LogP contribution is 2.28. The Hall–Kier alpha value is -1.57. The number of nitrogens with zero attached hydrogens (tertiary/aromatic N) is 1. The van der Waals surface area contributed by atoms with Crippen molar-refractivity contribution in [2.45, 2.75) is 19.2 Å². The van der Waals surface area contributed by atoms with E-state index in [2.05, 4.69) is 14.5 Å². The summed E-state index contributed by atoms with van der Waals surface area (Å²) in [6, 6.07) is 0.597. The first-order valence-corrected chi connectivity index (χ1v) is 5.22. The molecule has 0 aromatic carbocycles. The molecule has 0 saturated carbocycles. The van der Waals surface area contributed by atoms with Crippen LogP contribution in [0.15, 0.2) is 6.07 Å². The number of aromatic nitrogens is 1. The molecule has 0 aliphatic heterocycles. The molecule has 0 saturated heterocycles. The summed E-state index contributed by atoms with van der Waals surface area (Å²) in [5, 5.41) is -0.711. The minimum atomic E-state index is -4.67. The van der Waals surface area contributed by atoms with Crippen molar-refractivity contribution in [2.24, 2.45) is 0 Å². The molecule has 0 radical (unpaired) electrons. The van der Waals surface area contributed by atoms with E-state index in [1.54, 1.807) is 0 Å².